The first kappa shape index (κ1) is 13.9. The Morgan fingerprint density at radius 3 is 1.31 bits per heavy atom. The van der Waals surface area contributed by atoms with Crippen LogP contribution in [0.1, 0.15) is 38.5 Å². The Bertz CT molecular complexity index is 183. The molecule has 16 heavy (non-hydrogen) atoms. The van der Waals surface area contributed by atoms with Gasteiger partial charge in [-0.25, -0.2) is 0 Å². The van der Waals surface area contributed by atoms with Gasteiger partial charge in [0.25, 0.3) is 0 Å². The minimum atomic E-state index is -0.339. The predicted octanol–water partition coefficient (Wildman–Crippen LogP) is 0.283. The third-order valence-corrected chi connectivity index (χ3v) is 4.33. The van der Waals surface area contributed by atoms with Crippen molar-refractivity contribution in [3.8, 4) is 0 Å². The van der Waals surface area contributed by atoms with Crippen LogP contribution in [0.5, 0.6) is 0 Å². The number of aliphatic hydroxyl groups is 4. The molecule has 0 heterocycles. The summed E-state index contributed by atoms with van der Waals surface area (Å²) in [5, 5.41) is 36.8. The van der Waals surface area contributed by atoms with Crippen molar-refractivity contribution in [3.63, 3.8) is 0 Å². The van der Waals surface area contributed by atoms with Crippen LogP contribution in [0.25, 0.3) is 0 Å². The molecule has 1 aliphatic rings. The monoisotopic (exact) mass is 232 g/mol. The van der Waals surface area contributed by atoms with Crippen molar-refractivity contribution in [2.75, 3.05) is 26.4 Å². The van der Waals surface area contributed by atoms with Crippen molar-refractivity contribution in [3.05, 3.63) is 0 Å². The van der Waals surface area contributed by atoms with E-state index in [2.05, 4.69) is 0 Å². The summed E-state index contributed by atoms with van der Waals surface area (Å²) in [6.07, 6.45) is 4.71. The molecular weight excluding hydrogens is 208 g/mol. The molecule has 0 radical (unpaired) electrons. The van der Waals surface area contributed by atoms with Gasteiger partial charge in [-0.05, 0) is 43.9 Å². The third kappa shape index (κ3) is 2.94. The minimum Gasteiger partial charge on any atom is -0.396 e. The molecule has 0 aliphatic heterocycles. The summed E-state index contributed by atoms with van der Waals surface area (Å²) in [5.41, 5.74) is -0.328. The molecule has 1 aliphatic carbocycles. The highest BCUT2D eigenvalue weighted by Crippen LogP contribution is 2.48. The molecule has 1 rings (SSSR count). The average Bonchev–Trinajstić information content (AvgIpc) is 2.32. The summed E-state index contributed by atoms with van der Waals surface area (Å²) in [4.78, 5) is 0. The second kappa shape index (κ2) is 5.96. The van der Waals surface area contributed by atoms with Gasteiger partial charge in [0, 0.05) is 18.6 Å². The number of hydrogen-bond donors (Lipinski definition) is 4. The largest absolute Gasteiger partial charge is 0.396 e. The Balaban J connectivity index is 2.61. The van der Waals surface area contributed by atoms with Crippen LogP contribution >= 0.6 is 0 Å². The van der Waals surface area contributed by atoms with Gasteiger partial charge in [-0.2, -0.15) is 0 Å². The molecule has 0 aromatic rings. The van der Waals surface area contributed by atoms with Crippen LogP contribution < -0.4 is 0 Å². The van der Waals surface area contributed by atoms with E-state index in [1.54, 1.807) is 0 Å². The first-order valence-corrected chi connectivity index (χ1v) is 6.09. The maximum atomic E-state index is 9.31. The van der Waals surface area contributed by atoms with Crippen LogP contribution in [0.3, 0.4) is 0 Å². The number of aliphatic hydroxyl groups excluding tert-OH is 4. The molecule has 96 valence electrons. The number of rotatable bonds is 6. The topological polar surface area (TPSA) is 80.9 Å². The Morgan fingerprint density at radius 2 is 1.00 bits per heavy atom. The van der Waals surface area contributed by atoms with E-state index in [0.29, 0.717) is 12.8 Å². The zero-order valence-electron chi connectivity index (χ0n) is 9.86. The molecule has 0 aromatic heterocycles. The molecule has 0 spiro atoms. The lowest BCUT2D eigenvalue weighted by molar-refractivity contribution is -0.0279. The van der Waals surface area contributed by atoms with Crippen molar-refractivity contribution in [2.45, 2.75) is 38.5 Å². The first-order valence-electron chi connectivity index (χ1n) is 6.09. The second-order valence-corrected chi connectivity index (χ2v) is 5.26. The van der Waals surface area contributed by atoms with E-state index >= 15 is 0 Å². The standard InChI is InChI=1S/C12H24O4/c13-7-5-11(6-8-14)1-3-12(9-15,10-16)4-2-11/h13-16H,1-10H2. The fourth-order valence-electron chi connectivity index (χ4n) is 2.78. The van der Waals surface area contributed by atoms with Crippen LogP contribution in [0, 0.1) is 10.8 Å². The van der Waals surface area contributed by atoms with Gasteiger partial charge in [0.1, 0.15) is 0 Å². The van der Waals surface area contributed by atoms with Crippen LogP contribution in [0.2, 0.25) is 0 Å². The highest BCUT2D eigenvalue weighted by Gasteiger charge is 2.41. The van der Waals surface area contributed by atoms with Crippen molar-refractivity contribution in [1.82, 2.24) is 0 Å². The highest BCUT2D eigenvalue weighted by atomic mass is 16.3. The zero-order chi connectivity index (χ0) is 12.1. The Morgan fingerprint density at radius 1 is 0.625 bits per heavy atom. The van der Waals surface area contributed by atoms with Crippen LogP contribution in [0.4, 0.5) is 0 Å². The number of hydrogen-bond acceptors (Lipinski definition) is 4. The van der Waals surface area contributed by atoms with Crippen LogP contribution in [0.15, 0.2) is 0 Å². The fourth-order valence-corrected chi connectivity index (χ4v) is 2.78. The molecule has 0 atom stereocenters. The lowest BCUT2D eigenvalue weighted by Gasteiger charge is -2.45. The molecule has 1 fully saturated rings. The van der Waals surface area contributed by atoms with E-state index in [0.717, 1.165) is 25.7 Å². The second-order valence-electron chi connectivity index (χ2n) is 5.26. The third-order valence-electron chi connectivity index (χ3n) is 4.33. The predicted molar refractivity (Wildman–Crippen MR) is 60.9 cm³/mol. The summed E-state index contributed by atoms with van der Waals surface area (Å²) in [6, 6.07) is 0. The van der Waals surface area contributed by atoms with Gasteiger partial charge < -0.3 is 20.4 Å². The Hall–Kier alpha value is -0.160. The van der Waals surface area contributed by atoms with Gasteiger partial charge in [0.15, 0.2) is 0 Å². The summed E-state index contributed by atoms with van der Waals surface area (Å²) < 4.78 is 0. The van der Waals surface area contributed by atoms with Crippen molar-refractivity contribution in [1.29, 1.82) is 0 Å². The molecule has 0 unspecified atom stereocenters. The van der Waals surface area contributed by atoms with Gasteiger partial charge >= 0.3 is 0 Å². The highest BCUT2D eigenvalue weighted by molar-refractivity contribution is 4.92. The van der Waals surface area contributed by atoms with E-state index < -0.39 is 0 Å². The molecule has 0 saturated heterocycles. The van der Waals surface area contributed by atoms with E-state index in [4.69, 9.17) is 10.2 Å². The summed E-state index contributed by atoms with van der Waals surface area (Å²) in [7, 11) is 0. The zero-order valence-corrected chi connectivity index (χ0v) is 9.86. The Kier molecular flexibility index (Phi) is 5.18. The van der Waals surface area contributed by atoms with Crippen molar-refractivity contribution >= 4 is 0 Å². The molecule has 0 aromatic carbocycles. The van der Waals surface area contributed by atoms with E-state index in [-0.39, 0.29) is 37.3 Å². The van der Waals surface area contributed by atoms with E-state index in [9.17, 15) is 10.2 Å². The molecule has 4 heteroatoms. The SMILES string of the molecule is OCCC1(CCO)CCC(CO)(CO)CC1. The van der Waals surface area contributed by atoms with Crippen LogP contribution in [-0.2, 0) is 0 Å². The van der Waals surface area contributed by atoms with Gasteiger partial charge in [0.05, 0.1) is 13.2 Å². The van der Waals surface area contributed by atoms with Gasteiger partial charge in [0.2, 0.25) is 0 Å². The maximum Gasteiger partial charge on any atom is 0.0509 e. The van der Waals surface area contributed by atoms with Crippen molar-refractivity contribution in [2.24, 2.45) is 10.8 Å². The van der Waals surface area contributed by atoms with Gasteiger partial charge in [-0.1, -0.05) is 0 Å². The van der Waals surface area contributed by atoms with Crippen LogP contribution in [-0.4, -0.2) is 46.9 Å². The lowest BCUT2D eigenvalue weighted by Crippen LogP contribution is -2.40. The molecule has 4 N–H and O–H groups in total. The van der Waals surface area contributed by atoms with Gasteiger partial charge in [-0.15, -0.1) is 0 Å². The van der Waals surface area contributed by atoms with Crippen molar-refractivity contribution < 1.29 is 20.4 Å². The summed E-state index contributed by atoms with van der Waals surface area (Å²) >= 11 is 0. The molecule has 0 bridgehead atoms. The molecule has 0 amide bonds. The maximum absolute atomic E-state index is 9.31. The van der Waals surface area contributed by atoms with E-state index in [1.807, 2.05) is 0 Å². The smallest absolute Gasteiger partial charge is 0.0509 e. The molecule has 1 saturated carbocycles. The quantitative estimate of drug-likeness (QED) is 0.530. The average molecular weight is 232 g/mol. The molecule has 4 nitrogen and oxygen atoms in total. The minimum absolute atomic E-state index is 0.0112. The Labute approximate surface area is 96.9 Å². The van der Waals surface area contributed by atoms with Gasteiger partial charge in [-0.3, -0.25) is 0 Å². The lowest BCUT2D eigenvalue weighted by atomic mass is 9.62. The normalized spacial score (nSPS) is 23.2. The van der Waals surface area contributed by atoms with E-state index in [1.165, 1.54) is 0 Å². The summed E-state index contributed by atoms with van der Waals surface area (Å²) in [6.45, 7) is 0.339. The summed E-state index contributed by atoms with van der Waals surface area (Å²) in [5.74, 6) is 0. The molecular formula is C12H24O4. The first-order chi connectivity index (χ1) is 7.66. The fraction of sp³-hybridized carbons (Fsp3) is 1.00.